The highest BCUT2D eigenvalue weighted by Gasteiger charge is 2.14. The molecule has 2 heterocycles. The van der Waals surface area contributed by atoms with Gasteiger partial charge in [0.15, 0.2) is 0 Å². The van der Waals surface area contributed by atoms with Gasteiger partial charge in [-0.05, 0) is 31.0 Å². The number of aromatic nitrogens is 2. The van der Waals surface area contributed by atoms with Gasteiger partial charge >= 0.3 is 5.97 Å². The number of carbonyl (C=O) groups is 1. The van der Waals surface area contributed by atoms with Crippen LogP contribution in [0.4, 0.5) is 0 Å². The lowest BCUT2D eigenvalue weighted by molar-refractivity contribution is -0.141. The molecule has 0 fully saturated rings. The third kappa shape index (κ3) is 4.47. The van der Waals surface area contributed by atoms with Crippen molar-refractivity contribution in [1.29, 1.82) is 0 Å². The molecule has 0 spiro atoms. The molecule has 4 aromatic rings. The lowest BCUT2D eigenvalue weighted by Gasteiger charge is -2.07. The summed E-state index contributed by atoms with van der Waals surface area (Å²) in [6.07, 6.45) is 0. The van der Waals surface area contributed by atoms with Crippen LogP contribution in [0.3, 0.4) is 0 Å². The molecule has 0 atom stereocenters. The van der Waals surface area contributed by atoms with Crippen LogP contribution in [0.2, 0.25) is 0 Å². The van der Waals surface area contributed by atoms with Crippen LogP contribution in [0.5, 0.6) is 0 Å². The molecule has 0 unspecified atom stereocenters. The highest BCUT2D eigenvalue weighted by molar-refractivity contribution is 8.00. The Balaban J connectivity index is 1.43. The van der Waals surface area contributed by atoms with E-state index in [0.29, 0.717) is 16.0 Å². The second-order valence-electron chi connectivity index (χ2n) is 6.93. The zero-order chi connectivity index (χ0) is 21.1. The molecule has 30 heavy (non-hydrogen) atoms. The highest BCUT2D eigenvalue weighted by atomic mass is 32.2. The first kappa shape index (κ1) is 20.4. The molecule has 152 valence electrons. The van der Waals surface area contributed by atoms with Crippen molar-refractivity contribution >= 4 is 39.3 Å². The fraction of sp³-hybridized carbons (Fsp3) is 0.174. The fourth-order valence-corrected chi connectivity index (χ4v) is 4.95. The molecule has 1 N–H and O–H groups in total. The number of rotatable bonds is 6. The van der Waals surface area contributed by atoms with E-state index < -0.39 is 0 Å². The number of thiophene rings is 1. The summed E-state index contributed by atoms with van der Waals surface area (Å²) >= 11 is 2.85. The predicted molar refractivity (Wildman–Crippen MR) is 122 cm³/mol. The molecule has 7 heteroatoms. The molecule has 0 amide bonds. The number of ether oxygens (including phenoxy) is 1. The SMILES string of the molecule is Cc1ccc(SCC(=O)OCc2nc3scc(-c4ccccc4)c3c(=O)[nH]2)c(C)c1. The van der Waals surface area contributed by atoms with Crippen LogP contribution in [-0.4, -0.2) is 21.7 Å². The number of hydrogen-bond acceptors (Lipinski definition) is 6. The first-order valence-electron chi connectivity index (χ1n) is 9.43. The summed E-state index contributed by atoms with van der Waals surface area (Å²) < 4.78 is 5.32. The van der Waals surface area contributed by atoms with Gasteiger partial charge in [-0.15, -0.1) is 23.1 Å². The van der Waals surface area contributed by atoms with Gasteiger partial charge in [0, 0.05) is 15.8 Å². The normalized spacial score (nSPS) is 11.0. The molecule has 0 aliphatic heterocycles. The molecule has 4 rings (SSSR count). The van der Waals surface area contributed by atoms with E-state index in [2.05, 4.69) is 16.0 Å². The van der Waals surface area contributed by atoms with Gasteiger partial charge in [0.2, 0.25) is 0 Å². The Labute approximate surface area is 182 Å². The third-order valence-corrected chi connectivity index (χ3v) is 6.64. The maximum absolute atomic E-state index is 12.6. The number of nitrogens with zero attached hydrogens (tertiary/aromatic N) is 1. The number of aromatic amines is 1. The smallest absolute Gasteiger partial charge is 0.316 e. The van der Waals surface area contributed by atoms with Crippen molar-refractivity contribution in [3.05, 3.63) is 81.2 Å². The largest absolute Gasteiger partial charge is 0.457 e. The second kappa shape index (κ2) is 8.85. The summed E-state index contributed by atoms with van der Waals surface area (Å²) in [6, 6.07) is 15.8. The Hall–Kier alpha value is -2.90. The fourth-order valence-electron chi connectivity index (χ4n) is 3.18. The van der Waals surface area contributed by atoms with Crippen LogP contribution in [-0.2, 0) is 16.1 Å². The summed E-state index contributed by atoms with van der Waals surface area (Å²) in [4.78, 5) is 33.7. The molecule has 0 aliphatic rings. The second-order valence-corrected chi connectivity index (χ2v) is 8.80. The zero-order valence-electron chi connectivity index (χ0n) is 16.6. The van der Waals surface area contributed by atoms with Gasteiger partial charge in [0.05, 0.1) is 11.1 Å². The Morgan fingerprint density at radius 2 is 1.97 bits per heavy atom. The summed E-state index contributed by atoms with van der Waals surface area (Å²) in [7, 11) is 0. The number of H-pyrrole nitrogens is 1. The van der Waals surface area contributed by atoms with Crippen molar-refractivity contribution in [2.24, 2.45) is 0 Å². The lowest BCUT2D eigenvalue weighted by atomic mass is 10.1. The van der Waals surface area contributed by atoms with Gasteiger partial charge in [0.1, 0.15) is 17.3 Å². The number of carbonyl (C=O) groups excluding carboxylic acids is 1. The molecule has 2 aromatic heterocycles. The lowest BCUT2D eigenvalue weighted by Crippen LogP contribution is -2.15. The topological polar surface area (TPSA) is 72.0 Å². The standard InChI is InChI=1S/C23H20N2O3S2/c1-14-8-9-18(15(2)10-14)29-13-20(26)28-11-19-24-22(27)21-17(12-30-23(21)25-19)16-6-4-3-5-7-16/h3-10,12H,11,13H2,1-2H3,(H,24,25,27). The Kier molecular flexibility index (Phi) is 6.01. The van der Waals surface area contributed by atoms with E-state index in [1.54, 1.807) is 0 Å². The molecular weight excluding hydrogens is 416 g/mol. The molecule has 0 radical (unpaired) electrons. The van der Waals surface area contributed by atoms with E-state index in [9.17, 15) is 9.59 Å². The van der Waals surface area contributed by atoms with Crippen LogP contribution in [0.15, 0.2) is 63.6 Å². The van der Waals surface area contributed by atoms with Gasteiger partial charge < -0.3 is 9.72 Å². The number of nitrogens with one attached hydrogen (secondary N) is 1. The number of aryl methyl sites for hydroxylation is 2. The number of hydrogen-bond donors (Lipinski definition) is 1. The molecule has 0 saturated carbocycles. The van der Waals surface area contributed by atoms with Crippen LogP contribution >= 0.6 is 23.1 Å². The maximum atomic E-state index is 12.6. The minimum Gasteiger partial charge on any atom is -0.457 e. The van der Waals surface area contributed by atoms with E-state index in [-0.39, 0.29) is 23.9 Å². The van der Waals surface area contributed by atoms with E-state index in [1.165, 1.54) is 28.7 Å². The molecule has 5 nitrogen and oxygen atoms in total. The minimum atomic E-state index is -0.348. The summed E-state index contributed by atoms with van der Waals surface area (Å²) in [5.41, 5.74) is 3.93. The van der Waals surface area contributed by atoms with Crippen molar-refractivity contribution in [2.45, 2.75) is 25.3 Å². The van der Waals surface area contributed by atoms with Crippen molar-refractivity contribution < 1.29 is 9.53 Å². The summed E-state index contributed by atoms with van der Waals surface area (Å²) in [5.74, 6) is 0.200. The minimum absolute atomic E-state index is 0.0595. The van der Waals surface area contributed by atoms with Crippen LogP contribution in [0, 0.1) is 13.8 Å². The van der Waals surface area contributed by atoms with Crippen LogP contribution in [0.25, 0.3) is 21.3 Å². The predicted octanol–water partition coefficient (Wildman–Crippen LogP) is 5.10. The van der Waals surface area contributed by atoms with Crippen molar-refractivity contribution in [1.82, 2.24) is 9.97 Å². The number of benzene rings is 2. The molecule has 2 aromatic carbocycles. The average molecular weight is 437 g/mol. The highest BCUT2D eigenvalue weighted by Crippen LogP contribution is 2.30. The van der Waals surface area contributed by atoms with E-state index in [0.717, 1.165) is 21.6 Å². The van der Waals surface area contributed by atoms with Crippen LogP contribution < -0.4 is 5.56 Å². The van der Waals surface area contributed by atoms with E-state index >= 15 is 0 Å². The first-order valence-corrected chi connectivity index (χ1v) is 11.3. The molecule has 0 bridgehead atoms. The van der Waals surface area contributed by atoms with Gasteiger partial charge in [-0.1, -0.05) is 48.0 Å². The van der Waals surface area contributed by atoms with E-state index in [4.69, 9.17) is 4.74 Å². The maximum Gasteiger partial charge on any atom is 0.316 e. The van der Waals surface area contributed by atoms with Crippen LogP contribution in [0.1, 0.15) is 17.0 Å². The van der Waals surface area contributed by atoms with Gasteiger partial charge in [0.25, 0.3) is 5.56 Å². The summed E-state index contributed by atoms with van der Waals surface area (Å²) in [6.45, 7) is 4.00. The molecular formula is C23H20N2O3S2. The van der Waals surface area contributed by atoms with Gasteiger partial charge in [-0.2, -0.15) is 0 Å². The number of thioether (sulfide) groups is 1. The molecule has 0 aliphatic carbocycles. The zero-order valence-corrected chi connectivity index (χ0v) is 18.2. The number of fused-ring (bicyclic) bond motifs is 1. The molecule has 0 saturated heterocycles. The Morgan fingerprint density at radius 3 is 2.73 bits per heavy atom. The summed E-state index contributed by atoms with van der Waals surface area (Å²) in [5, 5.41) is 2.49. The Morgan fingerprint density at radius 1 is 1.17 bits per heavy atom. The third-order valence-electron chi connectivity index (χ3n) is 4.62. The van der Waals surface area contributed by atoms with Gasteiger partial charge in [-0.25, -0.2) is 4.98 Å². The van der Waals surface area contributed by atoms with Crippen molar-refractivity contribution in [2.75, 3.05) is 5.75 Å². The van der Waals surface area contributed by atoms with Crippen molar-refractivity contribution in [3.8, 4) is 11.1 Å². The first-order chi connectivity index (χ1) is 14.5. The van der Waals surface area contributed by atoms with E-state index in [1.807, 2.05) is 61.7 Å². The van der Waals surface area contributed by atoms with Gasteiger partial charge in [-0.3, -0.25) is 9.59 Å². The number of esters is 1. The van der Waals surface area contributed by atoms with Crippen molar-refractivity contribution in [3.63, 3.8) is 0 Å². The monoisotopic (exact) mass is 436 g/mol. The average Bonchev–Trinajstić information content (AvgIpc) is 3.17. The Bertz CT molecular complexity index is 1260. The quantitative estimate of drug-likeness (QED) is 0.336.